The lowest BCUT2D eigenvalue weighted by molar-refractivity contribution is 0.101. The minimum absolute atomic E-state index is 0.117. The molecular weight excluding hydrogens is 178 g/mol. The van der Waals surface area contributed by atoms with E-state index in [1.807, 2.05) is 6.92 Å². The van der Waals surface area contributed by atoms with Gasteiger partial charge in [0.15, 0.2) is 0 Å². The Kier molecular flexibility index (Phi) is 5.45. The van der Waals surface area contributed by atoms with E-state index in [-0.39, 0.29) is 6.10 Å². The summed E-state index contributed by atoms with van der Waals surface area (Å²) in [5.74, 6) is 0. The van der Waals surface area contributed by atoms with Gasteiger partial charge < -0.3 is 9.84 Å². The van der Waals surface area contributed by atoms with Gasteiger partial charge in [0.2, 0.25) is 0 Å². The van der Waals surface area contributed by atoms with E-state index in [0.29, 0.717) is 6.04 Å². The molecule has 14 heavy (non-hydrogen) atoms. The third kappa shape index (κ3) is 3.56. The van der Waals surface area contributed by atoms with Crippen LogP contribution in [0.5, 0.6) is 0 Å². The van der Waals surface area contributed by atoms with E-state index in [2.05, 4.69) is 11.8 Å². The van der Waals surface area contributed by atoms with Crippen LogP contribution in [0.4, 0.5) is 0 Å². The van der Waals surface area contributed by atoms with Crippen LogP contribution < -0.4 is 0 Å². The van der Waals surface area contributed by atoms with Gasteiger partial charge in [0.25, 0.3) is 0 Å². The Labute approximate surface area is 87.1 Å². The highest BCUT2D eigenvalue weighted by Gasteiger charge is 2.29. The molecule has 0 saturated carbocycles. The summed E-state index contributed by atoms with van der Waals surface area (Å²) in [6.45, 7) is 7.60. The van der Waals surface area contributed by atoms with E-state index in [1.165, 1.54) is 12.8 Å². The van der Waals surface area contributed by atoms with Crippen LogP contribution in [0.25, 0.3) is 0 Å². The molecule has 0 aromatic rings. The Hall–Kier alpha value is -0.120. The first-order valence-corrected chi connectivity index (χ1v) is 5.77. The van der Waals surface area contributed by atoms with E-state index in [9.17, 15) is 5.11 Å². The highest BCUT2D eigenvalue weighted by atomic mass is 16.5. The summed E-state index contributed by atoms with van der Waals surface area (Å²) in [6.07, 6.45) is 3.22. The van der Waals surface area contributed by atoms with Crippen molar-refractivity contribution in [2.24, 2.45) is 0 Å². The molecule has 0 radical (unpaired) electrons. The van der Waals surface area contributed by atoms with Gasteiger partial charge in [-0.25, -0.2) is 0 Å². The molecule has 1 rings (SSSR count). The summed E-state index contributed by atoms with van der Waals surface area (Å²) in [5.41, 5.74) is 0. The molecule has 3 nitrogen and oxygen atoms in total. The minimum Gasteiger partial charge on any atom is -0.392 e. The van der Waals surface area contributed by atoms with Gasteiger partial charge >= 0.3 is 0 Å². The molecule has 0 aliphatic carbocycles. The molecule has 1 aliphatic heterocycles. The fraction of sp³-hybridized carbons (Fsp3) is 1.00. The average Bonchev–Trinajstić information content (AvgIpc) is 2.48. The molecule has 1 heterocycles. The highest BCUT2D eigenvalue weighted by Crippen LogP contribution is 2.21. The first-order chi connectivity index (χ1) is 6.77. The molecule has 2 atom stereocenters. The standard InChI is InChI=1S/C11H23NO2/c1-3-5-10-8-11(13)9-12(10)6-7-14-4-2/h10-11,13H,3-9H2,1-2H3/t10-,11-/m1/s1. The zero-order chi connectivity index (χ0) is 10.4. The second-order valence-corrected chi connectivity index (χ2v) is 4.02. The van der Waals surface area contributed by atoms with Crippen LogP contribution in [-0.2, 0) is 4.74 Å². The fourth-order valence-corrected chi connectivity index (χ4v) is 2.19. The third-order valence-electron chi connectivity index (χ3n) is 2.85. The number of rotatable bonds is 6. The Morgan fingerprint density at radius 1 is 1.43 bits per heavy atom. The van der Waals surface area contributed by atoms with E-state index >= 15 is 0 Å². The zero-order valence-electron chi connectivity index (χ0n) is 9.41. The number of hydrogen-bond acceptors (Lipinski definition) is 3. The van der Waals surface area contributed by atoms with Crippen molar-refractivity contribution in [2.45, 2.75) is 45.3 Å². The molecule has 0 bridgehead atoms. The third-order valence-corrected chi connectivity index (χ3v) is 2.85. The molecule has 0 unspecified atom stereocenters. The van der Waals surface area contributed by atoms with Crippen LogP contribution in [0.3, 0.4) is 0 Å². The van der Waals surface area contributed by atoms with E-state index in [0.717, 1.165) is 32.7 Å². The molecule has 1 aliphatic rings. The van der Waals surface area contributed by atoms with Gasteiger partial charge in [-0.3, -0.25) is 4.90 Å². The molecule has 0 spiro atoms. The molecule has 3 heteroatoms. The van der Waals surface area contributed by atoms with Crippen LogP contribution >= 0.6 is 0 Å². The Morgan fingerprint density at radius 3 is 2.86 bits per heavy atom. The van der Waals surface area contributed by atoms with Gasteiger partial charge in [-0.2, -0.15) is 0 Å². The lowest BCUT2D eigenvalue weighted by atomic mass is 10.1. The SMILES string of the molecule is CCC[C@@H]1C[C@@H](O)CN1CCOCC. The monoisotopic (exact) mass is 201 g/mol. The summed E-state index contributed by atoms with van der Waals surface area (Å²) in [5, 5.41) is 9.57. The highest BCUT2D eigenvalue weighted by molar-refractivity contribution is 4.84. The predicted octanol–water partition coefficient (Wildman–Crippen LogP) is 1.26. The Bertz CT molecular complexity index is 152. The normalized spacial score (nSPS) is 28.5. The van der Waals surface area contributed by atoms with Crippen molar-refractivity contribution < 1.29 is 9.84 Å². The number of β-amino-alcohol motifs (C(OH)–C–C–N with tert-alkyl or cyclic N) is 1. The maximum Gasteiger partial charge on any atom is 0.0682 e. The Morgan fingerprint density at radius 2 is 2.21 bits per heavy atom. The molecule has 84 valence electrons. The molecule has 0 aromatic heterocycles. The second-order valence-electron chi connectivity index (χ2n) is 4.02. The maximum atomic E-state index is 9.57. The molecular formula is C11H23NO2. The molecule has 1 saturated heterocycles. The van der Waals surface area contributed by atoms with Crippen molar-refractivity contribution in [3.05, 3.63) is 0 Å². The van der Waals surface area contributed by atoms with Crippen molar-refractivity contribution in [1.29, 1.82) is 0 Å². The largest absolute Gasteiger partial charge is 0.392 e. The fourth-order valence-electron chi connectivity index (χ4n) is 2.19. The maximum absolute atomic E-state index is 9.57. The molecule has 1 fully saturated rings. The van der Waals surface area contributed by atoms with Crippen LogP contribution in [0.1, 0.15) is 33.1 Å². The van der Waals surface area contributed by atoms with Crippen molar-refractivity contribution in [3.63, 3.8) is 0 Å². The summed E-state index contributed by atoms with van der Waals surface area (Å²) in [4.78, 5) is 2.36. The topological polar surface area (TPSA) is 32.7 Å². The van der Waals surface area contributed by atoms with Gasteiger partial charge in [-0.05, 0) is 19.8 Å². The number of aliphatic hydroxyl groups excluding tert-OH is 1. The van der Waals surface area contributed by atoms with Gasteiger partial charge in [-0.15, -0.1) is 0 Å². The Balaban J connectivity index is 2.25. The summed E-state index contributed by atoms with van der Waals surface area (Å²) < 4.78 is 5.33. The summed E-state index contributed by atoms with van der Waals surface area (Å²) in [7, 11) is 0. The first-order valence-electron chi connectivity index (χ1n) is 5.77. The van der Waals surface area contributed by atoms with Gasteiger partial charge in [0.1, 0.15) is 0 Å². The number of nitrogens with zero attached hydrogens (tertiary/aromatic N) is 1. The van der Waals surface area contributed by atoms with E-state index in [4.69, 9.17) is 4.74 Å². The average molecular weight is 201 g/mol. The smallest absolute Gasteiger partial charge is 0.0682 e. The van der Waals surface area contributed by atoms with Gasteiger partial charge in [0, 0.05) is 25.7 Å². The second kappa shape index (κ2) is 6.38. The lowest BCUT2D eigenvalue weighted by Crippen LogP contribution is -2.33. The first kappa shape index (κ1) is 12.0. The van der Waals surface area contributed by atoms with Crippen molar-refractivity contribution in [1.82, 2.24) is 4.90 Å². The number of ether oxygens (including phenoxy) is 1. The quantitative estimate of drug-likeness (QED) is 0.657. The minimum atomic E-state index is -0.117. The van der Waals surface area contributed by atoms with Crippen LogP contribution in [-0.4, -0.2) is 48.5 Å². The lowest BCUT2D eigenvalue weighted by Gasteiger charge is -2.23. The predicted molar refractivity (Wildman–Crippen MR) is 57.4 cm³/mol. The molecule has 0 amide bonds. The summed E-state index contributed by atoms with van der Waals surface area (Å²) in [6, 6.07) is 0.579. The van der Waals surface area contributed by atoms with Crippen LogP contribution in [0.15, 0.2) is 0 Å². The number of likely N-dealkylation sites (tertiary alicyclic amines) is 1. The molecule has 0 aromatic carbocycles. The number of hydrogen-bond donors (Lipinski definition) is 1. The summed E-state index contributed by atoms with van der Waals surface area (Å²) >= 11 is 0. The zero-order valence-corrected chi connectivity index (χ0v) is 9.41. The van der Waals surface area contributed by atoms with Crippen molar-refractivity contribution in [3.8, 4) is 0 Å². The molecule has 1 N–H and O–H groups in total. The number of aliphatic hydroxyl groups is 1. The van der Waals surface area contributed by atoms with Crippen molar-refractivity contribution in [2.75, 3.05) is 26.3 Å². The van der Waals surface area contributed by atoms with Gasteiger partial charge in [-0.1, -0.05) is 13.3 Å². The van der Waals surface area contributed by atoms with E-state index < -0.39 is 0 Å². The van der Waals surface area contributed by atoms with Gasteiger partial charge in [0.05, 0.1) is 12.7 Å². The van der Waals surface area contributed by atoms with Crippen LogP contribution in [0.2, 0.25) is 0 Å². The van der Waals surface area contributed by atoms with Crippen LogP contribution in [0, 0.1) is 0 Å². The van der Waals surface area contributed by atoms with Crippen molar-refractivity contribution >= 4 is 0 Å². The van der Waals surface area contributed by atoms with E-state index in [1.54, 1.807) is 0 Å².